The van der Waals surface area contributed by atoms with E-state index in [9.17, 15) is 0 Å². The van der Waals surface area contributed by atoms with Crippen LogP contribution in [0.2, 0.25) is 0 Å². The minimum Gasteiger partial charge on any atom is -0.373 e. The molecule has 2 atom stereocenters. The van der Waals surface area contributed by atoms with E-state index in [0.717, 1.165) is 6.61 Å². The highest BCUT2D eigenvalue weighted by atomic mass is 16.6. The van der Waals surface area contributed by atoms with Gasteiger partial charge >= 0.3 is 0 Å². The molecule has 2 unspecified atom stereocenters. The molecule has 1 heterocycles. The SMILES string of the molecule is CC1[CH]OC(C)CO1. The molecule has 0 amide bonds. The molecule has 1 rings (SSSR count). The summed E-state index contributed by atoms with van der Waals surface area (Å²) in [5.41, 5.74) is 0. The Bertz CT molecular complexity index is 54.9. The molecule has 1 fully saturated rings. The second kappa shape index (κ2) is 2.46. The summed E-state index contributed by atoms with van der Waals surface area (Å²) in [4.78, 5) is 0. The number of hydrogen-bond acceptors (Lipinski definition) is 2. The zero-order valence-corrected chi connectivity index (χ0v) is 5.26. The molecule has 0 aromatic carbocycles. The van der Waals surface area contributed by atoms with Crippen molar-refractivity contribution in [2.24, 2.45) is 0 Å². The maximum absolute atomic E-state index is 5.21. The van der Waals surface area contributed by atoms with E-state index in [-0.39, 0.29) is 12.2 Å². The summed E-state index contributed by atoms with van der Waals surface area (Å²) >= 11 is 0. The van der Waals surface area contributed by atoms with E-state index in [4.69, 9.17) is 9.47 Å². The first-order chi connectivity index (χ1) is 3.79. The second-order valence-corrected chi connectivity index (χ2v) is 2.12. The smallest absolute Gasteiger partial charge is 0.112 e. The van der Waals surface area contributed by atoms with Crippen molar-refractivity contribution < 1.29 is 9.47 Å². The molecule has 0 aliphatic carbocycles. The molecule has 2 heteroatoms. The quantitative estimate of drug-likeness (QED) is 0.468. The van der Waals surface area contributed by atoms with Crippen LogP contribution in [0.4, 0.5) is 0 Å². The molecule has 1 saturated heterocycles. The molecule has 47 valence electrons. The maximum atomic E-state index is 5.21. The first kappa shape index (κ1) is 6.05. The Balaban J connectivity index is 2.19. The summed E-state index contributed by atoms with van der Waals surface area (Å²) in [7, 11) is 0. The van der Waals surface area contributed by atoms with Gasteiger partial charge in [0.05, 0.1) is 18.8 Å². The Hall–Kier alpha value is -0.0800. The maximum Gasteiger partial charge on any atom is 0.112 e. The van der Waals surface area contributed by atoms with Crippen molar-refractivity contribution in [1.82, 2.24) is 0 Å². The Kier molecular flexibility index (Phi) is 1.86. The molecule has 8 heavy (non-hydrogen) atoms. The van der Waals surface area contributed by atoms with Crippen LogP contribution in [0.5, 0.6) is 0 Å². The minimum atomic E-state index is 0.172. The molecule has 1 radical (unpaired) electrons. The monoisotopic (exact) mass is 115 g/mol. The molecular weight excluding hydrogens is 104 g/mol. The fourth-order valence-corrected chi connectivity index (χ4v) is 0.611. The van der Waals surface area contributed by atoms with Crippen LogP contribution in [0.15, 0.2) is 0 Å². The average Bonchev–Trinajstić information content (AvgIpc) is 1.77. The van der Waals surface area contributed by atoms with Crippen LogP contribution in [-0.2, 0) is 9.47 Å². The Morgan fingerprint density at radius 2 is 2.25 bits per heavy atom. The molecule has 1 aliphatic rings. The van der Waals surface area contributed by atoms with Crippen molar-refractivity contribution in [3.8, 4) is 0 Å². The van der Waals surface area contributed by atoms with Gasteiger partial charge in [-0.05, 0) is 13.8 Å². The van der Waals surface area contributed by atoms with Gasteiger partial charge in [0, 0.05) is 0 Å². The molecule has 0 bridgehead atoms. The van der Waals surface area contributed by atoms with Crippen molar-refractivity contribution >= 4 is 0 Å². The minimum absolute atomic E-state index is 0.172. The predicted octanol–water partition coefficient (Wildman–Crippen LogP) is 0.972. The first-order valence-electron chi connectivity index (χ1n) is 2.89. The van der Waals surface area contributed by atoms with E-state index in [1.54, 1.807) is 6.61 Å². The van der Waals surface area contributed by atoms with Crippen LogP contribution in [0.25, 0.3) is 0 Å². The van der Waals surface area contributed by atoms with E-state index >= 15 is 0 Å². The zero-order chi connectivity index (χ0) is 5.98. The third-order valence-electron chi connectivity index (χ3n) is 1.10. The van der Waals surface area contributed by atoms with Crippen LogP contribution in [0.3, 0.4) is 0 Å². The number of ether oxygens (including phenoxy) is 2. The first-order valence-corrected chi connectivity index (χ1v) is 2.89. The lowest BCUT2D eigenvalue weighted by Crippen LogP contribution is -2.28. The summed E-state index contributed by atoms with van der Waals surface area (Å²) < 4.78 is 10.3. The van der Waals surface area contributed by atoms with Gasteiger partial charge in [-0.15, -0.1) is 0 Å². The van der Waals surface area contributed by atoms with Crippen LogP contribution in [-0.4, -0.2) is 18.8 Å². The zero-order valence-electron chi connectivity index (χ0n) is 5.26. The van der Waals surface area contributed by atoms with Crippen molar-refractivity contribution in [2.45, 2.75) is 26.1 Å². The fourth-order valence-electron chi connectivity index (χ4n) is 0.611. The van der Waals surface area contributed by atoms with Crippen molar-refractivity contribution in [2.75, 3.05) is 6.61 Å². The lowest BCUT2D eigenvalue weighted by atomic mass is 10.3. The Morgan fingerprint density at radius 3 is 2.62 bits per heavy atom. The average molecular weight is 115 g/mol. The molecule has 0 spiro atoms. The third kappa shape index (κ3) is 1.46. The van der Waals surface area contributed by atoms with Crippen LogP contribution >= 0.6 is 0 Å². The summed E-state index contributed by atoms with van der Waals surface area (Å²) in [5, 5.41) is 0. The Morgan fingerprint density at radius 1 is 1.50 bits per heavy atom. The van der Waals surface area contributed by atoms with Gasteiger partial charge in [0.25, 0.3) is 0 Å². The molecule has 0 aromatic rings. The van der Waals surface area contributed by atoms with Crippen molar-refractivity contribution in [3.63, 3.8) is 0 Å². The van der Waals surface area contributed by atoms with Gasteiger partial charge in [0.1, 0.15) is 6.61 Å². The summed E-state index contributed by atoms with van der Waals surface area (Å²) in [6, 6.07) is 0. The predicted molar refractivity (Wildman–Crippen MR) is 30.3 cm³/mol. The number of hydrogen-bond donors (Lipinski definition) is 0. The molecule has 0 aromatic heterocycles. The van der Waals surface area contributed by atoms with Crippen LogP contribution in [0, 0.1) is 6.61 Å². The normalized spacial score (nSPS) is 39.8. The van der Waals surface area contributed by atoms with E-state index in [2.05, 4.69) is 0 Å². The van der Waals surface area contributed by atoms with Gasteiger partial charge in [0.2, 0.25) is 0 Å². The lowest BCUT2D eigenvalue weighted by Gasteiger charge is -2.23. The van der Waals surface area contributed by atoms with E-state index < -0.39 is 0 Å². The summed E-state index contributed by atoms with van der Waals surface area (Å²) in [6.07, 6.45) is 0.414. The number of rotatable bonds is 0. The molecule has 2 nitrogen and oxygen atoms in total. The van der Waals surface area contributed by atoms with E-state index in [0.29, 0.717) is 0 Å². The van der Waals surface area contributed by atoms with Gasteiger partial charge in [-0.3, -0.25) is 0 Å². The largest absolute Gasteiger partial charge is 0.373 e. The van der Waals surface area contributed by atoms with E-state index in [1.807, 2.05) is 13.8 Å². The molecule has 0 N–H and O–H groups in total. The third-order valence-corrected chi connectivity index (χ3v) is 1.10. The van der Waals surface area contributed by atoms with Gasteiger partial charge in [-0.2, -0.15) is 0 Å². The van der Waals surface area contributed by atoms with Gasteiger partial charge in [-0.1, -0.05) is 0 Å². The highest BCUT2D eigenvalue weighted by molar-refractivity contribution is 4.69. The lowest BCUT2D eigenvalue weighted by molar-refractivity contribution is -0.0813. The molecular formula is C6H11O2. The van der Waals surface area contributed by atoms with Crippen molar-refractivity contribution in [1.29, 1.82) is 0 Å². The summed E-state index contributed by atoms with van der Waals surface area (Å²) in [6.45, 7) is 6.40. The molecule has 0 saturated carbocycles. The summed E-state index contributed by atoms with van der Waals surface area (Å²) in [5.74, 6) is 0. The van der Waals surface area contributed by atoms with Crippen molar-refractivity contribution in [3.05, 3.63) is 6.61 Å². The second-order valence-electron chi connectivity index (χ2n) is 2.12. The molecule has 1 aliphatic heterocycles. The van der Waals surface area contributed by atoms with Crippen LogP contribution < -0.4 is 0 Å². The van der Waals surface area contributed by atoms with Gasteiger partial charge < -0.3 is 9.47 Å². The highest BCUT2D eigenvalue weighted by Gasteiger charge is 2.14. The van der Waals surface area contributed by atoms with Gasteiger partial charge in [-0.25, -0.2) is 0 Å². The fraction of sp³-hybridized carbons (Fsp3) is 0.833. The van der Waals surface area contributed by atoms with E-state index in [1.165, 1.54) is 0 Å². The standard InChI is InChI=1S/C6H11O2/c1-5-3-8-6(2)4-7-5/h3,5-6H,4H2,1-2H3. The van der Waals surface area contributed by atoms with Gasteiger partial charge in [0.15, 0.2) is 0 Å². The highest BCUT2D eigenvalue weighted by Crippen LogP contribution is 2.08. The topological polar surface area (TPSA) is 18.5 Å². The van der Waals surface area contributed by atoms with Crippen LogP contribution in [0.1, 0.15) is 13.8 Å². The Labute approximate surface area is 49.8 Å².